The Morgan fingerprint density at radius 3 is 2.77 bits per heavy atom. The summed E-state index contributed by atoms with van der Waals surface area (Å²) in [5, 5.41) is 0. The lowest BCUT2D eigenvalue weighted by atomic mass is 10.1. The number of hydrogen-bond donors (Lipinski definition) is 1. The highest BCUT2D eigenvalue weighted by atomic mass is 19.3. The van der Waals surface area contributed by atoms with E-state index in [9.17, 15) is 13.6 Å². The van der Waals surface area contributed by atoms with Crippen LogP contribution in [0.3, 0.4) is 0 Å². The number of alkyl halides is 2. The average molecular weight is 408 g/mol. The van der Waals surface area contributed by atoms with E-state index in [2.05, 4.69) is 9.97 Å². The number of carbonyl (C=O) groups is 1. The first-order valence-electron chi connectivity index (χ1n) is 9.59. The van der Waals surface area contributed by atoms with Gasteiger partial charge in [-0.1, -0.05) is 6.07 Å². The first kappa shape index (κ1) is 18.4. The zero-order valence-corrected chi connectivity index (χ0v) is 15.9. The molecule has 1 fully saturated rings. The molecular weight excluding hydrogens is 390 g/mol. The molecule has 1 aliphatic rings. The predicted octanol–water partition coefficient (Wildman–Crippen LogP) is 3.50. The van der Waals surface area contributed by atoms with Crippen LogP contribution in [0, 0.1) is 0 Å². The van der Waals surface area contributed by atoms with Crippen LogP contribution in [0.5, 0.6) is 0 Å². The van der Waals surface area contributed by atoms with E-state index in [1.165, 1.54) is 17.1 Å². The highest BCUT2D eigenvalue weighted by molar-refractivity contribution is 5.92. The quantitative estimate of drug-likeness (QED) is 0.529. The number of nitrogens with two attached hydrogens (primary N) is 1. The lowest BCUT2D eigenvalue weighted by molar-refractivity contribution is 0.0994. The van der Waals surface area contributed by atoms with E-state index in [1.807, 2.05) is 18.2 Å². The molecule has 0 atom stereocenters. The van der Waals surface area contributed by atoms with Crippen LogP contribution < -0.4 is 5.73 Å². The topological polar surface area (TPSA) is 91.1 Å². The summed E-state index contributed by atoms with van der Waals surface area (Å²) < 4.78 is 29.4. The summed E-state index contributed by atoms with van der Waals surface area (Å²) in [4.78, 5) is 25.0. The lowest BCUT2D eigenvalue weighted by Gasteiger charge is -2.11. The van der Waals surface area contributed by atoms with Crippen LogP contribution in [0.1, 0.15) is 34.9 Å². The molecule has 4 heterocycles. The van der Waals surface area contributed by atoms with E-state index in [1.54, 1.807) is 22.7 Å². The third kappa shape index (κ3) is 3.22. The summed E-state index contributed by atoms with van der Waals surface area (Å²) in [5.74, 6) is -0.170. The van der Waals surface area contributed by atoms with Crippen LogP contribution in [0.15, 0.2) is 49.1 Å². The van der Waals surface area contributed by atoms with Crippen LogP contribution >= 0.6 is 0 Å². The Hall–Kier alpha value is -3.62. The van der Waals surface area contributed by atoms with Crippen molar-refractivity contribution in [3.05, 3.63) is 60.4 Å². The molecule has 9 heteroatoms. The third-order valence-corrected chi connectivity index (χ3v) is 5.21. The second kappa shape index (κ2) is 7.01. The van der Waals surface area contributed by atoms with Gasteiger partial charge in [0.05, 0.1) is 30.5 Å². The zero-order valence-electron chi connectivity index (χ0n) is 15.9. The maximum absolute atomic E-state index is 13.2. The van der Waals surface area contributed by atoms with Crippen molar-refractivity contribution in [3.63, 3.8) is 0 Å². The number of rotatable bonds is 6. The minimum Gasteiger partial charge on any atom is -0.364 e. The Labute approximate surface area is 170 Å². The Morgan fingerprint density at radius 1 is 1.20 bits per heavy atom. The van der Waals surface area contributed by atoms with Gasteiger partial charge in [0.2, 0.25) is 0 Å². The standard InChI is InChI=1S/C21H18F2N6O/c22-17(23)10-28-11-26-19(15-3-1-2-14(27-15)12-4-5-12)20(28)13-6-7-18-25-8-16(21(24)30)29(18)9-13/h1-3,6-9,11-12,17H,4-5,10H2,(H2,24,30). The lowest BCUT2D eigenvalue weighted by Crippen LogP contribution is -2.13. The van der Waals surface area contributed by atoms with Crippen molar-refractivity contribution in [2.24, 2.45) is 5.73 Å². The smallest absolute Gasteiger partial charge is 0.267 e. The number of amides is 1. The molecule has 1 aliphatic carbocycles. The summed E-state index contributed by atoms with van der Waals surface area (Å²) in [5.41, 5.74) is 9.41. The highest BCUT2D eigenvalue weighted by Gasteiger charge is 2.26. The van der Waals surface area contributed by atoms with Gasteiger partial charge < -0.3 is 10.3 Å². The van der Waals surface area contributed by atoms with Crippen molar-refractivity contribution in [2.45, 2.75) is 31.7 Å². The van der Waals surface area contributed by atoms with Gasteiger partial charge in [-0.05, 0) is 37.1 Å². The minimum absolute atomic E-state index is 0.210. The van der Waals surface area contributed by atoms with Crippen molar-refractivity contribution >= 4 is 11.6 Å². The normalized spacial score (nSPS) is 14.0. The van der Waals surface area contributed by atoms with Crippen molar-refractivity contribution in [2.75, 3.05) is 0 Å². The number of fused-ring (bicyclic) bond motifs is 1. The fraction of sp³-hybridized carbons (Fsp3) is 0.238. The number of halogens is 2. The van der Waals surface area contributed by atoms with Crippen LogP contribution in [0.25, 0.3) is 28.3 Å². The molecular formula is C21H18F2N6O. The molecule has 0 bridgehead atoms. The summed E-state index contributed by atoms with van der Waals surface area (Å²) in [6.07, 6.45) is 4.12. The van der Waals surface area contributed by atoms with Gasteiger partial charge in [0, 0.05) is 23.4 Å². The van der Waals surface area contributed by atoms with Crippen LogP contribution in [0.2, 0.25) is 0 Å². The van der Waals surface area contributed by atoms with E-state index in [0.29, 0.717) is 34.2 Å². The van der Waals surface area contributed by atoms with E-state index in [4.69, 9.17) is 10.7 Å². The van der Waals surface area contributed by atoms with Gasteiger partial charge in [0.1, 0.15) is 17.0 Å². The van der Waals surface area contributed by atoms with E-state index >= 15 is 0 Å². The molecule has 0 aromatic carbocycles. The Morgan fingerprint density at radius 2 is 2.03 bits per heavy atom. The maximum Gasteiger partial charge on any atom is 0.267 e. The summed E-state index contributed by atoms with van der Waals surface area (Å²) >= 11 is 0. The first-order chi connectivity index (χ1) is 14.5. The third-order valence-electron chi connectivity index (χ3n) is 5.21. The van der Waals surface area contributed by atoms with Gasteiger partial charge in [-0.15, -0.1) is 0 Å². The fourth-order valence-electron chi connectivity index (χ4n) is 3.65. The number of hydrogen-bond acceptors (Lipinski definition) is 4. The average Bonchev–Trinajstić information content (AvgIpc) is 3.36. The monoisotopic (exact) mass is 408 g/mol. The minimum atomic E-state index is -2.55. The molecule has 1 saturated carbocycles. The number of pyridine rings is 2. The maximum atomic E-state index is 13.2. The summed E-state index contributed by atoms with van der Waals surface area (Å²) in [6, 6.07) is 9.19. The molecule has 1 amide bonds. The van der Waals surface area contributed by atoms with Gasteiger partial charge in [-0.3, -0.25) is 14.2 Å². The molecule has 30 heavy (non-hydrogen) atoms. The van der Waals surface area contributed by atoms with Crippen LogP contribution in [-0.4, -0.2) is 36.3 Å². The number of aromatic nitrogens is 5. The molecule has 4 aromatic rings. The SMILES string of the molecule is NC(=O)c1cnc2ccc(-c3c(-c4cccc(C5CC5)n4)ncn3CC(F)F)cn12. The molecule has 2 N–H and O–H groups in total. The molecule has 4 aromatic heterocycles. The molecule has 0 radical (unpaired) electrons. The number of imidazole rings is 2. The van der Waals surface area contributed by atoms with Gasteiger partial charge in [0.15, 0.2) is 0 Å². The molecule has 0 aliphatic heterocycles. The van der Waals surface area contributed by atoms with Gasteiger partial charge in [-0.25, -0.2) is 18.7 Å². The van der Waals surface area contributed by atoms with Crippen LogP contribution in [-0.2, 0) is 6.54 Å². The number of nitrogens with zero attached hydrogens (tertiary/aromatic N) is 5. The summed E-state index contributed by atoms with van der Waals surface area (Å²) in [6.45, 7) is -0.505. The molecule has 5 rings (SSSR count). The highest BCUT2D eigenvalue weighted by Crippen LogP contribution is 2.40. The van der Waals surface area contributed by atoms with Crippen LogP contribution in [0.4, 0.5) is 8.78 Å². The Kier molecular flexibility index (Phi) is 4.30. The van der Waals surface area contributed by atoms with Crippen molar-refractivity contribution in [3.8, 4) is 22.6 Å². The van der Waals surface area contributed by atoms with Crippen molar-refractivity contribution < 1.29 is 13.6 Å². The van der Waals surface area contributed by atoms with E-state index < -0.39 is 18.9 Å². The number of carbonyl (C=O) groups excluding carboxylic acids is 1. The largest absolute Gasteiger partial charge is 0.364 e. The van der Waals surface area contributed by atoms with Gasteiger partial charge in [-0.2, -0.15) is 0 Å². The molecule has 152 valence electrons. The zero-order chi connectivity index (χ0) is 20.8. The molecule has 0 saturated heterocycles. The molecule has 7 nitrogen and oxygen atoms in total. The summed E-state index contributed by atoms with van der Waals surface area (Å²) in [7, 11) is 0. The second-order valence-corrected chi connectivity index (χ2v) is 7.36. The first-order valence-corrected chi connectivity index (χ1v) is 9.59. The van der Waals surface area contributed by atoms with Crippen molar-refractivity contribution in [1.29, 1.82) is 0 Å². The predicted molar refractivity (Wildman–Crippen MR) is 106 cm³/mol. The fourth-order valence-corrected chi connectivity index (χ4v) is 3.65. The second-order valence-electron chi connectivity index (χ2n) is 7.36. The van der Waals surface area contributed by atoms with Gasteiger partial charge >= 0.3 is 0 Å². The molecule has 0 unspecified atom stereocenters. The molecule has 0 spiro atoms. The Balaban J connectivity index is 1.69. The van der Waals surface area contributed by atoms with Crippen molar-refractivity contribution in [1.82, 2.24) is 23.9 Å². The van der Waals surface area contributed by atoms with E-state index in [-0.39, 0.29) is 5.69 Å². The Bertz CT molecular complexity index is 1260. The van der Waals surface area contributed by atoms with Gasteiger partial charge in [0.25, 0.3) is 12.3 Å². The van der Waals surface area contributed by atoms with E-state index in [0.717, 1.165) is 18.5 Å². The number of primary amides is 1.